The standard InChI is InChI=1S/C21H23N3O2/c1-14-4-2-5-15(8-14)11-20(25)24-13-16-9-18(19(24)10-16)23-21(26)17-6-3-7-22-12-17/h2-8,12,16,18-19H,9-11,13H2,1H3,(H,23,26). The third-order valence-corrected chi connectivity index (χ3v) is 5.48. The fourth-order valence-corrected chi connectivity index (χ4v) is 4.31. The molecule has 0 spiro atoms. The lowest BCUT2D eigenvalue weighted by atomic mass is 10.0. The number of amides is 2. The Morgan fingerprint density at radius 1 is 1.23 bits per heavy atom. The van der Waals surface area contributed by atoms with Crippen LogP contribution in [0.3, 0.4) is 0 Å². The van der Waals surface area contributed by atoms with Gasteiger partial charge in [0.05, 0.1) is 18.0 Å². The summed E-state index contributed by atoms with van der Waals surface area (Å²) in [5.41, 5.74) is 2.78. The van der Waals surface area contributed by atoms with Gasteiger partial charge in [-0.1, -0.05) is 29.8 Å². The maximum atomic E-state index is 12.8. The van der Waals surface area contributed by atoms with E-state index < -0.39 is 0 Å². The van der Waals surface area contributed by atoms with Crippen molar-refractivity contribution >= 4 is 11.8 Å². The molecule has 4 rings (SSSR count). The number of aryl methyl sites for hydroxylation is 1. The second-order valence-electron chi connectivity index (χ2n) is 7.44. The number of nitrogens with zero attached hydrogens (tertiary/aromatic N) is 2. The van der Waals surface area contributed by atoms with Crippen LogP contribution in [0.25, 0.3) is 0 Å². The van der Waals surface area contributed by atoms with Crippen LogP contribution in [0, 0.1) is 12.8 Å². The second-order valence-corrected chi connectivity index (χ2v) is 7.44. The number of carbonyl (C=O) groups is 2. The molecule has 1 N–H and O–H groups in total. The molecule has 3 atom stereocenters. The number of pyridine rings is 1. The smallest absolute Gasteiger partial charge is 0.253 e. The first-order valence-electron chi connectivity index (χ1n) is 9.16. The number of likely N-dealkylation sites (tertiary alicyclic amines) is 1. The van der Waals surface area contributed by atoms with Crippen LogP contribution in [0.4, 0.5) is 0 Å². The fraction of sp³-hybridized carbons (Fsp3) is 0.381. The van der Waals surface area contributed by atoms with E-state index in [0.717, 1.165) is 24.9 Å². The number of hydrogen-bond acceptors (Lipinski definition) is 3. The zero-order valence-corrected chi connectivity index (χ0v) is 14.9. The molecule has 1 aromatic heterocycles. The van der Waals surface area contributed by atoms with Gasteiger partial charge in [0.15, 0.2) is 0 Å². The van der Waals surface area contributed by atoms with E-state index in [2.05, 4.69) is 16.4 Å². The van der Waals surface area contributed by atoms with Crippen molar-refractivity contribution in [1.29, 1.82) is 0 Å². The molecule has 3 unspecified atom stereocenters. The lowest BCUT2D eigenvalue weighted by Gasteiger charge is -2.34. The van der Waals surface area contributed by atoms with Crippen LogP contribution in [0.1, 0.15) is 34.3 Å². The molecule has 2 fully saturated rings. The molecule has 1 aliphatic heterocycles. The first kappa shape index (κ1) is 16.8. The average molecular weight is 349 g/mol. The minimum absolute atomic E-state index is 0.0305. The van der Waals surface area contributed by atoms with Gasteiger partial charge in [-0.2, -0.15) is 0 Å². The molecule has 1 aliphatic carbocycles. The number of carbonyl (C=O) groups excluding carboxylic acids is 2. The van der Waals surface area contributed by atoms with Gasteiger partial charge in [-0.15, -0.1) is 0 Å². The first-order chi connectivity index (χ1) is 12.6. The number of nitrogens with one attached hydrogen (secondary N) is 1. The van der Waals surface area contributed by atoms with E-state index in [-0.39, 0.29) is 23.9 Å². The van der Waals surface area contributed by atoms with Crippen LogP contribution in [0.5, 0.6) is 0 Å². The number of fused-ring (bicyclic) bond motifs is 2. The van der Waals surface area contributed by atoms with Crippen molar-refractivity contribution in [2.75, 3.05) is 6.54 Å². The highest BCUT2D eigenvalue weighted by atomic mass is 16.2. The lowest BCUT2D eigenvalue weighted by Crippen LogP contribution is -2.52. The maximum absolute atomic E-state index is 12.8. The summed E-state index contributed by atoms with van der Waals surface area (Å²) in [4.78, 5) is 31.2. The Labute approximate surface area is 153 Å². The van der Waals surface area contributed by atoms with Crippen molar-refractivity contribution < 1.29 is 9.59 Å². The largest absolute Gasteiger partial charge is 0.347 e. The van der Waals surface area contributed by atoms with Crippen molar-refractivity contribution in [1.82, 2.24) is 15.2 Å². The second kappa shape index (κ2) is 6.90. The van der Waals surface area contributed by atoms with Crippen LogP contribution >= 0.6 is 0 Å². The highest BCUT2D eigenvalue weighted by Gasteiger charge is 2.47. The molecular formula is C21H23N3O2. The molecule has 1 saturated carbocycles. The van der Waals surface area contributed by atoms with E-state index in [1.165, 1.54) is 5.56 Å². The fourth-order valence-electron chi connectivity index (χ4n) is 4.31. The Morgan fingerprint density at radius 3 is 2.85 bits per heavy atom. The summed E-state index contributed by atoms with van der Waals surface area (Å²) in [6, 6.07) is 11.7. The van der Waals surface area contributed by atoms with Crippen molar-refractivity contribution in [2.45, 2.75) is 38.3 Å². The molecule has 2 aliphatic rings. The van der Waals surface area contributed by atoms with E-state index >= 15 is 0 Å². The minimum Gasteiger partial charge on any atom is -0.347 e. The molecule has 1 aromatic carbocycles. The van der Waals surface area contributed by atoms with Gasteiger partial charge in [-0.3, -0.25) is 14.6 Å². The molecule has 1 saturated heterocycles. The Morgan fingerprint density at radius 2 is 2.12 bits per heavy atom. The van der Waals surface area contributed by atoms with Crippen LogP contribution in [-0.2, 0) is 11.2 Å². The molecule has 0 radical (unpaired) electrons. The number of rotatable bonds is 4. The lowest BCUT2D eigenvalue weighted by molar-refractivity contribution is -0.132. The van der Waals surface area contributed by atoms with Gasteiger partial charge in [0.1, 0.15) is 0 Å². The summed E-state index contributed by atoms with van der Waals surface area (Å²) in [6.07, 6.45) is 5.58. The maximum Gasteiger partial charge on any atom is 0.253 e. The molecule has 2 heterocycles. The van der Waals surface area contributed by atoms with Gasteiger partial charge in [0, 0.05) is 25.0 Å². The summed E-state index contributed by atoms with van der Waals surface area (Å²) in [5, 5.41) is 3.11. The highest BCUT2D eigenvalue weighted by molar-refractivity contribution is 5.94. The third-order valence-electron chi connectivity index (χ3n) is 5.48. The van der Waals surface area contributed by atoms with E-state index in [1.54, 1.807) is 24.5 Å². The Bertz CT molecular complexity index is 821. The van der Waals surface area contributed by atoms with Crippen LogP contribution in [0.15, 0.2) is 48.8 Å². The van der Waals surface area contributed by atoms with Gasteiger partial charge in [-0.25, -0.2) is 0 Å². The van der Waals surface area contributed by atoms with Gasteiger partial charge in [0.25, 0.3) is 5.91 Å². The summed E-state index contributed by atoms with van der Waals surface area (Å²) in [6.45, 7) is 2.85. The minimum atomic E-state index is -0.110. The van der Waals surface area contributed by atoms with E-state index in [9.17, 15) is 9.59 Å². The Hall–Kier alpha value is -2.69. The van der Waals surface area contributed by atoms with Gasteiger partial charge >= 0.3 is 0 Å². The summed E-state index contributed by atoms with van der Waals surface area (Å²) < 4.78 is 0. The predicted octanol–water partition coefficient (Wildman–Crippen LogP) is 2.35. The van der Waals surface area contributed by atoms with Gasteiger partial charge < -0.3 is 10.2 Å². The zero-order chi connectivity index (χ0) is 18.1. The van der Waals surface area contributed by atoms with Gasteiger partial charge in [-0.05, 0) is 43.4 Å². The number of piperidine rings is 1. The SMILES string of the molecule is Cc1cccc(CC(=O)N2CC3CC(NC(=O)c4cccnc4)C2C3)c1. The van der Waals surface area contributed by atoms with E-state index in [0.29, 0.717) is 17.9 Å². The molecule has 5 heteroatoms. The molecule has 5 nitrogen and oxygen atoms in total. The predicted molar refractivity (Wildman–Crippen MR) is 98.6 cm³/mol. The Balaban J connectivity index is 1.42. The molecule has 2 bridgehead atoms. The first-order valence-corrected chi connectivity index (χ1v) is 9.16. The average Bonchev–Trinajstić information content (AvgIpc) is 3.23. The van der Waals surface area contributed by atoms with Crippen LogP contribution in [-0.4, -0.2) is 40.3 Å². The summed E-state index contributed by atoms with van der Waals surface area (Å²) in [5.74, 6) is 0.533. The summed E-state index contributed by atoms with van der Waals surface area (Å²) in [7, 11) is 0. The van der Waals surface area contributed by atoms with E-state index in [1.807, 2.05) is 30.0 Å². The number of aromatic nitrogens is 1. The molecule has 2 aromatic rings. The summed E-state index contributed by atoms with van der Waals surface area (Å²) >= 11 is 0. The highest BCUT2D eigenvalue weighted by Crippen LogP contribution is 2.38. The van der Waals surface area contributed by atoms with Crippen LogP contribution < -0.4 is 5.32 Å². The number of benzene rings is 1. The van der Waals surface area contributed by atoms with Gasteiger partial charge in [0.2, 0.25) is 5.91 Å². The van der Waals surface area contributed by atoms with Crippen LogP contribution in [0.2, 0.25) is 0 Å². The topological polar surface area (TPSA) is 62.3 Å². The van der Waals surface area contributed by atoms with E-state index in [4.69, 9.17) is 0 Å². The quantitative estimate of drug-likeness (QED) is 0.922. The van der Waals surface area contributed by atoms with Crippen molar-refractivity contribution in [3.63, 3.8) is 0 Å². The van der Waals surface area contributed by atoms with Crippen molar-refractivity contribution in [2.24, 2.45) is 5.92 Å². The molecule has 26 heavy (non-hydrogen) atoms. The zero-order valence-electron chi connectivity index (χ0n) is 14.9. The monoisotopic (exact) mass is 349 g/mol. The molecular weight excluding hydrogens is 326 g/mol. The number of hydrogen-bond donors (Lipinski definition) is 1. The molecule has 134 valence electrons. The third kappa shape index (κ3) is 3.34. The normalized spacial score (nSPS) is 23.9. The van der Waals surface area contributed by atoms with Crippen molar-refractivity contribution in [3.8, 4) is 0 Å². The Kier molecular flexibility index (Phi) is 4.45. The van der Waals surface area contributed by atoms with Crippen molar-refractivity contribution in [3.05, 3.63) is 65.5 Å². The molecule has 2 amide bonds.